The topological polar surface area (TPSA) is 48.7 Å². The van der Waals surface area contributed by atoms with E-state index in [0.717, 1.165) is 22.6 Å². The molecule has 0 N–H and O–H groups in total. The maximum atomic E-state index is 11.8. The van der Waals surface area contributed by atoms with Crippen molar-refractivity contribution in [1.82, 2.24) is 0 Å². The van der Waals surface area contributed by atoms with E-state index in [4.69, 9.17) is 13.9 Å². The first kappa shape index (κ1) is 23.1. The van der Waals surface area contributed by atoms with E-state index in [2.05, 4.69) is 57.4 Å². The second-order valence-electron chi connectivity index (χ2n) is 8.50. The lowest BCUT2D eigenvalue weighted by molar-refractivity contribution is -0.168. The Morgan fingerprint density at radius 3 is 2.69 bits per heavy atom. The van der Waals surface area contributed by atoms with Crippen molar-refractivity contribution in [2.45, 2.75) is 57.7 Å². The van der Waals surface area contributed by atoms with E-state index in [1.807, 2.05) is 12.1 Å². The Balaban J connectivity index is 1.60. The standard InChI is InChI=1S/C26H30O4S2/c1-15-8-9-19(25-26(31-5)24(30-18(4)27)16(2)17(3)29-25)13-20(15)14-21-10-11-23(32-21)22-7-6-12-28-22/h6-13,16-17,24-26H,14H2,1-5H3/t16-,17-,24+,25?,26-/m1/s1. The summed E-state index contributed by atoms with van der Waals surface area (Å²) < 4.78 is 17.8. The first-order valence-corrected chi connectivity index (χ1v) is 13.0. The number of aryl methyl sites for hydroxylation is 1. The number of ether oxygens (including phenoxy) is 2. The van der Waals surface area contributed by atoms with Crippen molar-refractivity contribution in [3.63, 3.8) is 0 Å². The average Bonchev–Trinajstić information content (AvgIpc) is 3.44. The fourth-order valence-electron chi connectivity index (χ4n) is 4.33. The third-order valence-electron chi connectivity index (χ3n) is 6.31. The molecule has 5 atom stereocenters. The van der Waals surface area contributed by atoms with Gasteiger partial charge in [-0.2, -0.15) is 11.8 Å². The van der Waals surface area contributed by atoms with Crippen LogP contribution in [0, 0.1) is 12.8 Å². The van der Waals surface area contributed by atoms with Crippen molar-refractivity contribution >= 4 is 29.1 Å². The molecular weight excluding hydrogens is 440 g/mol. The molecule has 1 fully saturated rings. The number of furan rings is 1. The van der Waals surface area contributed by atoms with Crippen LogP contribution in [0.3, 0.4) is 0 Å². The summed E-state index contributed by atoms with van der Waals surface area (Å²) in [6.45, 7) is 7.81. The third kappa shape index (κ3) is 4.82. The van der Waals surface area contributed by atoms with Gasteiger partial charge < -0.3 is 13.9 Å². The van der Waals surface area contributed by atoms with Gasteiger partial charge >= 0.3 is 5.97 Å². The molecule has 0 bridgehead atoms. The molecule has 1 aliphatic heterocycles. The minimum absolute atomic E-state index is 0.00523. The molecule has 1 unspecified atom stereocenters. The summed E-state index contributed by atoms with van der Waals surface area (Å²) in [5.74, 6) is 0.817. The fourth-order valence-corrected chi connectivity index (χ4v) is 6.37. The first-order valence-electron chi connectivity index (χ1n) is 10.9. The molecule has 0 aliphatic carbocycles. The second-order valence-corrected chi connectivity index (χ2v) is 10.7. The van der Waals surface area contributed by atoms with Gasteiger partial charge in [-0.1, -0.05) is 25.1 Å². The predicted octanol–water partition coefficient (Wildman–Crippen LogP) is 6.67. The summed E-state index contributed by atoms with van der Waals surface area (Å²) in [7, 11) is 0. The number of carbonyl (C=O) groups excluding carboxylic acids is 1. The molecule has 0 amide bonds. The van der Waals surface area contributed by atoms with Crippen molar-refractivity contribution in [2.75, 3.05) is 6.26 Å². The van der Waals surface area contributed by atoms with Crippen molar-refractivity contribution < 1.29 is 18.7 Å². The molecule has 4 nitrogen and oxygen atoms in total. The number of carbonyl (C=O) groups is 1. The molecule has 4 rings (SSSR count). The summed E-state index contributed by atoms with van der Waals surface area (Å²) in [6.07, 6.45) is 4.35. The van der Waals surface area contributed by atoms with Gasteiger partial charge in [0, 0.05) is 24.1 Å². The van der Waals surface area contributed by atoms with E-state index in [9.17, 15) is 4.79 Å². The molecule has 32 heavy (non-hydrogen) atoms. The number of thiophene rings is 1. The van der Waals surface area contributed by atoms with E-state index in [1.54, 1.807) is 29.4 Å². The molecular formula is C26H30O4S2. The molecule has 2 aromatic heterocycles. The smallest absolute Gasteiger partial charge is 0.302 e. The zero-order valence-electron chi connectivity index (χ0n) is 19.2. The molecule has 1 saturated heterocycles. The van der Waals surface area contributed by atoms with Gasteiger partial charge in [0.1, 0.15) is 11.9 Å². The van der Waals surface area contributed by atoms with Gasteiger partial charge in [0.05, 0.1) is 28.6 Å². The van der Waals surface area contributed by atoms with E-state index >= 15 is 0 Å². The summed E-state index contributed by atoms with van der Waals surface area (Å²) in [5, 5.41) is 0.0490. The molecule has 1 aliphatic rings. The van der Waals surface area contributed by atoms with Crippen LogP contribution in [0.2, 0.25) is 0 Å². The van der Waals surface area contributed by atoms with E-state index in [1.165, 1.54) is 22.9 Å². The largest absolute Gasteiger partial charge is 0.464 e. The minimum Gasteiger partial charge on any atom is -0.464 e. The quantitative estimate of drug-likeness (QED) is 0.377. The Morgan fingerprint density at radius 1 is 1.19 bits per heavy atom. The van der Waals surface area contributed by atoms with Crippen LogP contribution in [-0.2, 0) is 20.7 Å². The van der Waals surface area contributed by atoms with Gasteiger partial charge in [0.2, 0.25) is 0 Å². The highest BCUT2D eigenvalue weighted by molar-refractivity contribution is 7.99. The first-order chi connectivity index (χ1) is 15.4. The highest BCUT2D eigenvalue weighted by atomic mass is 32.2. The Hall–Kier alpha value is -2.02. The van der Waals surface area contributed by atoms with Crippen LogP contribution in [0.5, 0.6) is 0 Å². The normalized spacial score (nSPS) is 25.6. The summed E-state index contributed by atoms with van der Waals surface area (Å²) >= 11 is 3.47. The van der Waals surface area contributed by atoms with Crippen molar-refractivity contribution in [1.29, 1.82) is 0 Å². The second kappa shape index (κ2) is 9.86. The van der Waals surface area contributed by atoms with E-state index < -0.39 is 0 Å². The highest BCUT2D eigenvalue weighted by Gasteiger charge is 2.44. The van der Waals surface area contributed by atoms with Crippen LogP contribution in [0.25, 0.3) is 10.6 Å². The lowest BCUT2D eigenvalue weighted by Crippen LogP contribution is -2.49. The van der Waals surface area contributed by atoms with E-state index in [-0.39, 0.29) is 35.4 Å². The third-order valence-corrected chi connectivity index (χ3v) is 8.47. The molecule has 0 saturated carbocycles. The highest BCUT2D eigenvalue weighted by Crippen LogP contribution is 2.42. The Bertz CT molecular complexity index is 1060. The number of esters is 1. The fraction of sp³-hybridized carbons (Fsp3) is 0.423. The summed E-state index contributed by atoms with van der Waals surface area (Å²) in [4.78, 5) is 14.2. The number of benzene rings is 1. The summed E-state index contributed by atoms with van der Waals surface area (Å²) in [5.41, 5.74) is 3.69. The molecule has 0 radical (unpaired) electrons. The molecule has 3 heterocycles. The van der Waals surface area contributed by atoms with Crippen LogP contribution in [0.4, 0.5) is 0 Å². The number of hydrogen-bond acceptors (Lipinski definition) is 6. The number of hydrogen-bond donors (Lipinski definition) is 0. The Kier molecular flexibility index (Phi) is 7.13. The summed E-state index contributed by atoms with van der Waals surface area (Å²) in [6, 6.07) is 14.8. The van der Waals surface area contributed by atoms with E-state index in [0.29, 0.717) is 0 Å². The van der Waals surface area contributed by atoms with Gasteiger partial charge in [-0.05, 0) is 61.1 Å². The van der Waals surface area contributed by atoms with Crippen LogP contribution in [0.15, 0.2) is 53.1 Å². The minimum atomic E-state index is -0.233. The van der Waals surface area contributed by atoms with Gasteiger partial charge in [0.15, 0.2) is 0 Å². The maximum Gasteiger partial charge on any atom is 0.302 e. The van der Waals surface area contributed by atoms with Crippen molar-refractivity contribution in [3.8, 4) is 10.6 Å². The monoisotopic (exact) mass is 470 g/mol. The lowest BCUT2D eigenvalue weighted by atomic mass is 9.87. The zero-order chi connectivity index (χ0) is 22.8. The molecule has 1 aromatic carbocycles. The zero-order valence-corrected chi connectivity index (χ0v) is 20.8. The predicted molar refractivity (Wildman–Crippen MR) is 131 cm³/mol. The van der Waals surface area contributed by atoms with Crippen LogP contribution in [0.1, 0.15) is 48.4 Å². The van der Waals surface area contributed by atoms with Gasteiger partial charge in [-0.15, -0.1) is 11.3 Å². The molecule has 170 valence electrons. The number of thioether (sulfide) groups is 1. The van der Waals surface area contributed by atoms with Gasteiger partial charge in [-0.3, -0.25) is 4.79 Å². The van der Waals surface area contributed by atoms with Crippen molar-refractivity contribution in [2.24, 2.45) is 5.92 Å². The SMILES string of the molecule is CS[C@H]1C(c2ccc(C)c(Cc3ccc(-c4ccco4)s3)c2)O[C@H](C)[C@@H](C)[C@@H]1OC(C)=O. The Morgan fingerprint density at radius 2 is 2.00 bits per heavy atom. The van der Waals surface area contributed by atoms with Gasteiger partial charge in [0.25, 0.3) is 0 Å². The van der Waals surface area contributed by atoms with Crippen LogP contribution in [-0.4, -0.2) is 29.7 Å². The number of rotatable bonds is 6. The molecule has 6 heteroatoms. The molecule has 3 aromatic rings. The van der Waals surface area contributed by atoms with Gasteiger partial charge in [-0.25, -0.2) is 0 Å². The Labute approximate surface area is 198 Å². The van der Waals surface area contributed by atoms with Crippen LogP contribution < -0.4 is 0 Å². The van der Waals surface area contributed by atoms with Crippen LogP contribution >= 0.6 is 23.1 Å². The maximum absolute atomic E-state index is 11.8. The molecule has 0 spiro atoms. The lowest BCUT2D eigenvalue weighted by Gasteiger charge is -2.44. The van der Waals surface area contributed by atoms with Crippen molar-refractivity contribution in [3.05, 3.63) is 70.3 Å². The average molecular weight is 471 g/mol.